The van der Waals surface area contributed by atoms with Crippen LogP contribution < -0.4 is 0 Å². The van der Waals surface area contributed by atoms with Crippen molar-refractivity contribution in [2.75, 3.05) is 12.3 Å². The molecule has 0 saturated carbocycles. The van der Waals surface area contributed by atoms with Crippen LogP contribution in [0.3, 0.4) is 0 Å². The maximum Gasteiger partial charge on any atom is 2.00 e. The molecule has 1 aliphatic carbocycles. The molecule has 0 N–H and O–H groups in total. The summed E-state index contributed by atoms with van der Waals surface area (Å²) < 4.78 is 0. The van der Waals surface area contributed by atoms with Crippen LogP contribution in [-0.2, 0) is 26.7 Å². The zero-order valence-corrected chi connectivity index (χ0v) is 28.2. The minimum absolute atomic E-state index is 0. The topological polar surface area (TPSA) is 34.1 Å². The maximum atomic E-state index is 12.2. The van der Waals surface area contributed by atoms with Crippen LogP contribution in [0.15, 0.2) is 23.5 Å². The molecule has 221 valence electrons. The van der Waals surface area contributed by atoms with Gasteiger partial charge < -0.3 is 6.92 Å². The van der Waals surface area contributed by atoms with Gasteiger partial charge in [-0.25, -0.2) is 21.7 Å². The van der Waals surface area contributed by atoms with Gasteiger partial charge in [0.15, 0.2) is 0 Å². The molecule has 0 unspecified atom stereocenters. The van der Waals surface area contributed by atoms with E-state index in [-0.39, 0.29) is 17.1 Å². The van der Waals surface area contributed by atoms with Crippen LogP contribution in [0.4, 0.5) is 0 Å². The Balaban J connectivity index is -0.00000116. The molecule has 2 nitrogen and oxygen atoms in total. The molecule has 1 rings (SSSR count). The summed E-state index contributed by atoms with van der Waals surface area (Å²) in [5.74, 6) is 4.42. The fourth-order valence-electron chi connectivity index (χ4n) is 4.29. The molecule has 4 heteroatoms. The third-order valence-corrected chi connectivity index (χ3v) is 10.3. The van der Waals surface area contributed by atoms with Crippen molar-refractivity contribution in [2.45, 2.75) is 138 Å². The fourth-order valence-corrected chi connectivity index (χ4v) is 7.63. The molecule has 0 amide bonds. The summed E-state index contributed by atoms with van der Waals surface area (Å²) in [4.78, 5) is 24.1. The predicted molar refractivity (Wildman–Crippen MR) is 169 cm³/mol. The molecule has 0 heterocycles. The number of carbonyl (C=O) groups excluding carboxylic acids is 2. The normalized spacial score (nSPS) is 11.9. The molecule has 1 aliphatic rings. The molecule has 1 radical (unpaired) electrons. The summed E-state index contributed by atoms with van der Waals surface area (Å²) >= 11 is 0. The monoisotopic (exact) mass is 587 g/mol. The summed E-state index contributed by atoms with van der Waals surface area (Å²) in [5.41, 5.74) is 2.48. The minimum atomic E-state index is -2.09. The van der Waals surface area contributed by atoms with E-state index in [0.29, 0.717) is 5.92 Å². The van der Waals surface area contributed by atoms with E-state index in [0.717, 1.165) is 87.3 Å². The summed E-state index contributed by atoms with van der Waals surface area (Å²) in [6, 6.07) is 0. The van der Waals surface area contributed by atoms with E-state index in [1.54, 1.807) is 0 Å². The Bertz CT molecular complexity index is 676. The Labute approximate surface area is 249 Å². The number of rotatable bonds is 18. The number of hydrogen-bond donors (Lipinski definition) is 0. The zero-order valence-electron chi connectivity index (χ0n) is 26.1. The van der Waals surface area contributed by atoms with Crippen molar-refractivity contribution in [3.05, 3.63) is 36.5 Å². The first-order chi connectivity index (χ1) is 17.7. The van der Waals surface area contributed by atoms with E-state index >= 15 is 0 Å². The van der Waals surface area contributed by atoms with Gasteiger partial charge in [0.2, 0.25) is 0 Å². The first kappa shape index (κ1) is 41.9. The Morgan fingerprint density at radius 2 is 1.26 bits per heavy atom. The van der Waals surface area contributed by atoms with Crippen LogP contribution >= 0.6 is 6.89 Å². The summed E-state index contributed by atoms with van der Waals surface area (Å²) in [6.07, 6.45) is 26.2. The second kappa shape index (κ2) is 29.4. The number of unbranched alkanes of at least 4 members (excludes halogenated alkanes) is 5. The molecule has 0 spiro atoms. The van der Waals surface area contributed by atoms with Gasteiger partial charge >= 0.3 is 17.1 Å². The van der Waals surface area contributed by atoms with Crippen molar-refractivity contribution in [1.82, 2.24) is 0 Å². The molecule has 0 atom stereocenters. The van der Waals surface area contributed by atoms with Gasteiger partial charge in [-0.2, -0.15) is 12.5 Å². The molecule has 0 saturated heterocycles. The van der Waals surface area contributed by atoms with Gasteiger partial charge in [-0.1, -0.05) is 99.8 Å². The molecule has 0 fully saturated rings. The third-order valence-electron chi connectivity index (χ3n) is 6.48. The molecular formula is C34H61MnO2P. The largest absolute Gasteiger partial charge is 2.00 e. The molecule has 0 aromatic carbocycles. The quantitative estimate of drug-likeness (QED) is 0.0525. The SMILES string of the molecule is CC(C)CCCCCP(=C=O)(CCCCCC(C)C)C(=C=O)CCCCC(C)C.[C-]1=CC=CC1.[CH2-]CC.[Mn+2]. The molecule has 38 heavy (non-hydrogen) atoms. The van der Waals surface area contributed by atoms with Crippen molar-refractivity contribution in [3.8, 4) is 0 Å². The van der Waals surface area contributed by atoms with E-state index in [1.165, 1.54) is 32.1 Å². The average molecular weight is 588 g/mol. The van der Waals surface area contributed by atoms with Crippen LogP contribution in [0.5, 0.6) is 0 Å². The fraction of sp³-hybridized carbons (Fsp3) is 0.765. The van der Waals surface area contributed by atoms with Crippen LogP contribution in [-0.4, -0.2) is 23.9 Å². The van der Waals surface area contributed by atoms with E-state index in [9.17, 15) is 9.59 Å². The Kier molecular flexibility index (Phi) is 32.5. The van der Waals surface area contributed by atoms with Crippen molar-refractivity contribution in [1.29, 1.82) is 0 Å². The first-order valence-electron chi connectivity index (χ1n) is 15.2. The summed E-state index contributed by atoms with van der Waals surface area (Å²) in [6.45, 7) is 16.9. The average Bonchev–Trinajstić information content (AvgIpc) is 3.43. The van der Waals surface area contributed by atoms with Gasteiger partial charge in [-0.05, 0) is 55.8 Å². The van der Waals surface area contributed by atoms with E-state index in [1.807, 2.05) is 19.1 Å². The van der Waals surface area contributed by atoms with Crippen molar-refractivity contribution >= 4 is 18.5 Å². The van der Waals surface area contributed by atoms with Gasteiger partial charge in [-0.15, -0.1) is 6.42 Å². The Morgan fingerprint density at radius 3 is 1.55 bits per heavy atom. The second-order valence-corrected chi connectivity index (χ2v) is 15.2. The van der Waals surface area contributed by atoms with E-state index < -0.39 is 6.89 Å². The minimum Gasteiger partial charge on any atom is -0.344 e. The molecule has 0 aromatic rings. The first-order valence-corrected chi connectivity index (χ1v) is 17.4. The third kappa shape index (κ3) is 25.7. The van der Waals surface area contributed by atoms with Crippen LogP contribution in [0.25, 0.3) is 0 Å². The Morgan fingerprint density at radius 1 is 0.816 bits per heavy atom. The molecule has 0 aromatic heterocycles. The van der Waals surface area contributed by atoms with Crippen LogP contribution in [0.2, 0.25) is 0 Å². The van der Waals surface area contributed by atoms with E-state index in [4.69, 9.17) is 0 Å². The Hall–Kier alpha value is -0.541. The van der Waals surface area contributed by atoms with Gasteiger partial charge in [0.25, 0.3) is 0 Å². The standard InChI is InChI=1S/C26H49O2P.C5H5.C3H7.Mn/c1-23(2)15-9-7-13-19-29(22-28,20-14-8-10-16-24(3)4)26(21-27)18-12-11-17-25(5)6;1-2-4-5-3-1;1-3-2;/h23-25H,7-20H2,1-6H3;1-3H,4H2;1,3H2,2H3;/q;2*-1;+2. The summed E-state index contributed by atoms with van der Waals surface area (Å²) in [7, 11) is 0. The van der Waals surface area contributed by atoms with Crippen molar-refractivity contribution in [3.63, 3.8) is 0 Å². The smallest absolute Gasteiger partial charge is 0.344 e. The van der Waals surface area contributed by atoms with Crippen LogP contribution in [0, 0.1) is 30.8 Å². The second-order valence-electron chi connectivity index (χ2n) is 11.7. The summed E-state index contributed by atoms with van der Waals surface area (Å²) in [5, 5.41) is 0.809. The van der Waals surface area contributed by atoms with Crippen molar-refractivity contribution < 1.29 is 26.7 Å². The van der Waals surface area contributed by atoms with Gasteiger partial charge in [-0.3, -0.25) is 6.08 Å². The van der Waals surface area contributed by atoms with Crippen LogP contribution in [0.1, 0.15) is 138 Å². The molecular weight excluding hydrogens is 526 g/mol. The maximum absolute atomic E-state index is 12.2. The van der Waals surface area contributed by atoms with E-state index in [2.05, 4.69) is 72.2 Å². The van der Waals surface area contributed by atoms with Gasteiger partial charge in [0.1, 0.15) is 11.6 Å². The predicted octanol–water partition coefficient (Wildman–Crippen LogP) is 11.0. The van der Waals surface area contributed by atoms with Crippen molar-refractivity contribution in [2.24, 2.45) is 17.8 Å². The number of allylic oxidation sites excluding steroid dienone is 5. The van der Waals surface area contributed by atoms with Gasteiger partial charge in [0, 0.05) is 12.2 Å². The number of hydrogen-bond acceptors (Lipinski definition) is 2. The van der Waals surface area contributed by atoms with Gasteiger partial charge in [0.05, 0.1) is 0 Å². The molecule has 0 aliphatic heterocycles. The zero-order chi connectivity index (χ0) is 28.4. The molecule has 0 bridgehead atoms.